The molecule has 1 saturated heterocycles. The van der Waals surface area contributed by atoms with Gasteiger partial charge in [0.05, 0.1) is 0 Å². The van der Waals surface area contributed by atoms with Crippen LogP contribution in [0.1, 0.15) is 24.5 Å². The van der Waals surface area contributed by atoms with Crippen LogP contribution in [0.5, 0.6) is 0 Å². The van der Waals surface area contributed by atoms with E-state index in [4.69, 9.17) is 0 Å². The van der Waals surface area contributed by atoms with Crippen LogP contribution < -0.4 is 0 Å². The van der Waals surface area contributed by atoms with Gasteiger partial charge in [0, 0.05) is 50.7 Å². The summed E-state index contributed by atoms with van der Waals surface area (Å²) < 4.78 is 0. The third kappa shape index (κ3) is 5.00. The SMILES string of the molecule is C[C@H]1CCN(C(=O)/C=C/c2cccnc2)CCN1Cc1ccccc1. The summed E-state index contributed by atoms with van der Waals surface area (Å²) in [5.74, 6) is 0.0811. The molecule has 0 aliphatic carbocycles. The van der Waals surface area contributed by atoms with Gasteiger partial charge in [-0.15, -0.1) is 0 Å². The molecule has 4 heteroatoms. The number of aromatic nitrogens is 1. The second-order valence-corrected chi connectivity index (χ2v) is 6.54. The van der Waals surface area contributed by atoms with Crippen LogP contribution in [-0.2, 0) is 11.3 Å². The van der Waals surface area contributed by atoms with Crippen molar-refractivity contribution >= 4 is 12.0 Å². The topological polar surface area (TPSA) is 36.4 Å². The van der Waals surface area contributed by atoms with Crippen molar-refractivity contribution in [2.24, 2.45) is 0 Å². The molecule has 25 heavy (non-hydrogen) atoms. The van der Waals surface area contributed by atoms with Gasteiger partial charge in [-0.25, -0.2) is 0 Å². The summed E-state index contributed by atoms with van der Waals surface area (Å²) in [7, 11) is 0. The van der Waals surface area contributed by atoms with Crippen LogP contribution in [0.15, 0.2) is 60.9 Å². The van der Waals surface area contributed by atoms with Gasteiger partial charge in [-0.1, -0.05) is 36.4 Å². The predicted octanol–water partition coefficient (Wildman–Crippen LogP) is 3.22. The Kier molecular flexibility index (Phi) is 5.96. The minimum absolute atomic E-state index is 0.0811. The number of pyridine rings is 1. The Morgan fingerprint density at radius 2 is 2.00 bits per heavy atom. The zero-order valence-electron chi connectivity index (χ0n) is 14.7. The first-order chi connectivity index (χ1) is 12.2. The van der Waals surface area contributed by atoms with E-state index in [9.17, 15) is 4.79 Å². The molecule has 1 atom stereocenters. The average Bonchev–Trinajstić information content (AvgIpc) is 2.84. The normalized spacial score (nSPS) is 19.1. The maximum Gasteiger partial charge on any atom is 0.246 e. The van der Waals surface area contributed by atoms with Crippen molar-refractivity contribution in [1.82, 2.24) is 14.8 Å². The molecule has 0 radical (unpaired) electrons. The molecular formula is C21H25N3O. The first-order valence-electron chi connectivity index (χ1n) is 8.87. The van der Waals surface area contributed by atoms with E-state index in [-0.39, 0.29) is 5.91 Å². The Bertz CT molecular complexity index is 700. The highest BCUT2D eigenvalue weighted by Crippen LogP contribution is 2.15. The van der Waals surface area contributed by atoms with Crippen LogP contribution in [-0.4, -0.2) is 46.4 Å². The van der Waals surface area contributed by atoms with Crippen molar-refractivity contribution in [1.29, 1.82) is 0 Å². The summed E-state index contributed by atoms with van der Waals surface area (Å²) in [6.45, 7) is 5.68. The number of carbonyl (C=O) groups excluding carboxylic acids is 1. The fourth-order valence-corrected chi connectivity index (χ4v) is 3.13. The Labute approximate surface area is 149 Å². The molecule has 0 unspecified atom stereocenters. The van der Waals surface area contributed by atoms with Crippen molar-refractivity contribution in [3.8, 4) is 0 Å². The fourth-order valence-electron chi connectivity index (χ4n) is 3.13. The van der Waals surface area contributed by atoms with Crippen LogP contribution in [0.25, 0.3) is 6.08 Å². The van der Waals surface area contributed by atoms with E-state index < -0.39 is 0 Å². The number of hydrogen-bond acceptors (Lipinski definition) is 3. The Balaban J connectivity index is 1.58. The summed E-state index contributed by atoms with van der Waals surface area (Å²) in [6.07, 6.45) is 7.99. The van der Waals surface area contributed by atoms with Crippen molar-refractivity contribution in [3.63, 3.8) is 0 Å². The number of carbonyl (C=O) groups is 1. The summed E-state index contributed by atoms with van der Waals surface area (Å²) in [4.78, 5) is 21.0. The molecule has 1 aliphatic heterocycles. The van der Waals surface area contributed by atoms with Gasteiger partial charge in [0.1, 0.15) is 0 Å². The van der Waals surface area contributed by atoms with Crippen LogP contribution in [0.2, 0.25) is 0 Å². The highest BCUT2D eigenvalue weighted by Gasteiger charge is 2.22. The Morgan fingerprint density at radius 3 is 2.76 bits per heavy atom. The molecule has 1 aliphatic rings. The highest BCUT2D eigenvalue weighted by atomic mass is 16.2. The van der Waals surface area contributed by atoms with Crippen LogP contribution >= 0.6 is 0 Å². The molecule has 2 aromatic rings. The van der Waals surface area contributed by atoms with E-state index in [1.54, 1.807) is 18.5 Å². The number of benzene rings is 1. The molecule has 0 saturated carbocycles. The van der Waals surface area contributed by atoms with E-state index in [2.05, 4.69) is 41.1 Å². The minimum Gasteiger partial charge on any atom is -0.338 e. The lowest BCUT2D eigenvalue weighted by atomic mass is 10.1. The number of hydrogen-bond donors (Lipinski definition) is 0. The quantitative estimate of drug-likeness (QED) is 0.805. The zero-order chi connectivity index (χ0) is 17.5. The number of nitrogens with zero attached hydrogens (tertiary/aromatic N) is 3. The standard InChI is InChI=1S/C21H25N3O/c1-18-11-13-23(21(25)10-9-19-8-5-12-22-16-19)14-15-24(18)17-20-6-3-2-4-7-20/h2-10,12,16,18H,11,13-15,17H2,1H3/b10-9+/t18-/m0/s1. The molecule has 1 fully saturated rings. The monoisotopic (exact) mass is 335 g/mol. The Morgan fingerprint density at radius 1 is 1.16 bits per heavy atom. The average molecular weight is 335 g/mol. The van der Waals surface area contributed by atoms with Gasteiger partial charge in [-0.2, -0.15) is 0 Å². The maximum atomic E-state index is 12.5. The van der Waals surface area contributed by atoms with Crippen molar-refractivity contribution in [2.45, 2.75) is 25.9 Å². The lowest BCUT2D eigenvalue weighted by Gasteiger charge is -2.26. The lowest BCUT2D eigenvalue weighted by Crippen LogP contribution is -2.35. The lowest BCUT2D eigenvalue weighted by molar-refractivity contribution is -0.125. The first kappa shape index (κ1) is 17.4. The second-order valence-electron chi connectivity index (χ2n) is 6.54. The molecule has 0 bridgehead atoms. The largest absolute Gasteiger partial charge is 0.338 e. The van der Waals surface area contributed by atoms with Gasteiger partial charge >= 0.3 is 0 Å². The van der Waals surface area contributed by atoms with Crippen LogP contribution in [0.3, 0.4) is 0 Å². The van der Waals surface area contributed by atoms with Crippen molar-refractivity contribution < 1.29 is 4.79 Å². The zero-order valence-corrected chi connectivity index (χ0v) is 14.7. The molecule has 2 heterocycles. The molecule has 0 N–H and O–H groups in total. The van der Waals surface area contributed by atoms with Gasteiger partial charge in [0.2, 0.25) is 5.91 Å². The van der Waals surface area contributed by atoms with Gasteiger partial charge < -0.3 is 4.90 Å². The molecule has 1 aromatic carbocycles. The summed E-state index contributed by atoms with van der Waals surface area (Å²) >= 11 is 0. The van der Waals surface area contributed by atoms with E-state index in [1.165, 1.54) is 5.56 Å². The maximum absolute atomic E-state index is 12.5. The third-order valence-corrected chi connectivity index (χ3v) is 4.74. The van der Waals surface area contributed by atoms with Crippen molar-refractivity contribution in [3.05, 3.63) is 72.1 Å². The number of rotatable bonds is 4. The summed E-state index contributed by atoms with van der Waals surface area (Å²) in [5.41, 5.74) is 2.27. The third-order valence-electron chi connectivity index (χ3n) is 4.74. The molecule has 130 valence electrons. The molecule has 3 rings (SSSR count). The van der Waals surface area contributed by atoms with Gasteiger partial charge in [0.15, 0.2) is 0 Å². The van der Waals surface area contributed by atoms with Crippen molar-refractivity contribution in [2.75, 3.05) is 19.6 Å². The molecule has 0 spiro atoms. The molecular weight excluding hydrogens is 310 g/mol. The van der Waals surface area contributed by atoms with Crippen LogP contribution in [0, 0.1) is 0 Å². The summed E-state index contributed by atoms with van der Waals surface area (Å²) in [5, 5.41) is 0. The minimum atomic E-state index is 0.0811. The van der Waals surface area contributed by atoms with E-state index >= 15 is 0 Å². The molecule has 4 nitrogen and oxygen atoms in total. The predicted molar refractivity (Wildman–Crippen MR) is 101 cm³/mol. The highest BCUT2D eigenvalue weighted by molar-refractivity contribution is 5.91. The fraction of sp³-hybridized carbons (Fsp3) is 0.333. The van der Waals surface area contributed by atoms with Gasteiger partial charge in [0.25, 0.3) is 0 Å². The summed E-state index contributed by atoms with van der Waals surface area (Å²) in [6, 6.07) is 14.8. The van der Waals surface area contributed by atoms with Gasteiger partial charge in [-0.3, -0.25) is 14.7 Å². The smallest absolute Gasteiger partial charge is 0.246 e. The molecule has 1 aromatic heterocycles. The van der Waals surface area contributed by atoms with E-state index in [1.807, 2.05) is 29.2 Å². The first-order valence-corrected chi connectivity index (χ1v) is 8.87. The van der Waals surface area contributed by atoms with Gasteiger partial charge in [-0.05, 0) is 36.6 Å². The van der Waals surface area contributed by atoms with E-state index in [0.29, 0.717) is 6.04 Å². The Hall–Kier alpha value is -2.46. The van der Waals surface area contributed by atoms with E-state index in [0.717, 1.165) is 38.2 Å². The molecule has 1 amide bonds. The number of amides is 1. The second kappa shape index (κ2) is 8.58. The van der Waals surface area contributed by atoms with Crippen LogP contribution in [0.4, 0.5) is 0 Å².